The van der Waals surface area contributed by atoms with Crippen LogP contribution < -0.4 is 15.4 Å². The number of hydrogen-bond acceptors (Lipinski definition) is 5. The zero-order valence-electron chi connectivity index (χ0n) is 16.5. The minimum absolute atomic E-state index is 0.0313. The average Bonchev–Trinajstić information content (AvgIpc) is 2.67. The van der Waals surface area contributed by atoms with Crippen LogP contribution >= 0.6 is 0 Å². The second-order valence-electron chi connectivity index (χ2n) is 6.86. The maximum Gasteiger partial charge on any atom is 0.422 e. The minimum atomic E-state index is -4.44. The van der Waals surface area contributed by atoms with Gasteiger partial charge in [0.2, 0.25) is 11.8 Å². The SMILES string of the molecule is CCC(C)NC(=O)CN1CCN(C(=O)Nc2ccc(OCC(F)(F)F)nc2)CC1. The molecule has 0 spiro atoms. The Bertz CT molecular complexity index is 676. The van der Waals surface area contributed by atoms with Gasteiger partial charge in [-0.3, -0.25) is 9.69 Å². The van der Waals surface area contributed by atoms with Crippen molar-refractivity contribution in [3.63, 3.8) is 0 Å². The molecule has 1 unspecified atom stereocenters. The molecule has 1 aromatic rings. The zero-order valence-corrected chi connectivity index (χ0v) is 16.5. The Kier molecular flexibility index (Phi) is 8.06. The fraction of sp³-hybridized carbons (Fsp3) is 0.611. The summed E-state index contributed by atoms with van der Waals surface area (Å²) >= 11 is 0. The molecule has 8 nitrogen and oxygen atoms in total. The first kappa shape index (κ1) is 22.7. The lowest BCUT2D eigenvalue weighted by atomic mass is 10.2. The van der Waals surface area contributed by atoms with Crippen LogP contribution in [-0.2, 0) is 4.79 Å². The number of urea groups is 1. The molecule has 0 aliphatic carbocycles. The number of nitrogens with one attached hydrogen (secondary N) is 2. The van der Waals surface area contributed by atoms with E-state index in [4.69, 9.17) is 0 Å². The predicted molar refractivity (Wildman–Crippen MR) is 101 cm³/mol. The van der Waals surface area contributed by atoms with Gasteiger partial charge in [0.05, 0.1) is 18.4 Å². The Morgan fingerprint density at radius 2 is 1.93 bits per heavy atom. The number of pyridine rings is 1. The molecule has 1 atom stereocenters. The maximum atomic E-state index is 12.3. The smallest absolute Gasteiger partial charge is 0.422 e. The third-order valence-corrected chi connectivity index (χ3v) is 4.42. The van der Waals surface area contributed by atoms with Crippen molar-refractivity contribution < 1.29 is 27.5 Å². The zero-order chi connectivity index (χ0) is 21.4. The first-order valence-corrected chi connectivity index (χ1v) is 9.39. The number of carbonyl (C=O) groups excluding carboxylic acids is 2. The Morgan fingerprint density at radius 3 is 2.48 bits per heavy atom. The number of aromatic nitrogens is 1. The van der Waals surface area contributed by atoms with Crippen molar-refractivity contribution in [2.75, 3.05) is 44.6 Å². The summed E-state index contributed by atoms with van der Waals surface area (Å²) < 4.78 is 40.9. The highest BCUT2D eigenvalue weighted by molar-refractivity contribution is 5.89. The molecule has 1 fully saturated rings. The summed E-state index contributed by atoms with van der Waals surface area (Å²) in [5.41, 5.74) is 0.352. The number of anilines is 1. The molecule has 0 radical (unpaired) electrons. The Morgan fingerprint density at radius 1 is 1.24 bits per heavy atom. The molecule has 2 heterocycles. The van der Waals surface area contributed by atoms with Gasteiger partial charge in [-0.25, -0.2) is 9.78 Å². The number of rotatable bonds is 7. The summed E-state index contributed by atoms with van der Waals surface area (Å²) in [6, 6.07) is 2.48. The summed E-state index contributed by atoms with van der Waals surface area (Å²) in [6.07, 6.45) is -2.34. The molecular weight excluding hydrogens is 391 g/mol. The van der Waals surface area contributed by atoms with E-state index in [1.807, 2.05) is 18.7 Å². The summed E-state index contributed by atoms with van der Waals surface area (Å²) in [6.45, 7) is 4.89. The number of ether oxygens (including phenoxy) is 1. The van der Waals surface area contributed by atoms with Gasteiger partial charge in [0.25, 0.3) is 0 Å². The van der Waals surface area contributed by atoms with E-state index in [1.54, 1.807) is 4.90 Å². The molecule has 2 rings (SSSR count). The second-order valence-corrected chi connectivity index (χ2v) is 6.86. The normalized spacial score (nSPS) is 16.2. The highest BCUT2D eigenvalue weighted by atomic mass is 19.4. The van der Waals surface area contributed by atoms with Crippen LogP contribution in [0.2, 0.25) is 0 Å². The van der Waals surface area contributed by atoms with E-state index in [0.29, 0.717) is 38.4 Å². The molecule has 0 aromatic carbocycles. The van der Waals surface area contributed by atoms with Crippen molar-refractivity contribution >= 4 is 17.6 Å². The van der Waals surface area contributed by atoms with Gasteiger partial charge < -0.3 is 20.3 Å². The number of nitrogens with zero attached hydrogens (tertiary/aromatic N) is 3. The molecule has 1 saturated heterocycles. The van der Waals surface area contributed by atoms with Gasteiger partial charge >= 0.3 is 12.2 Å². The van der Waals surface area contributed by atoms with Crippen LogP contribution in [0.5, 0.6) is 5.88 Å². The number of carbonyl (C=O) groups is 2. The summed E-state index contributed by atoms with van der Waals surface area (Å²) in [4.78, 5) is 31.6. The summed E-state index contributed by atoms with van der Waals surface area (Å²) in [5.74, 6) is -0.208. The minimum Gasteiger partial charge on any atom is -0.468 e. The molecular formula is C18H26F3N5O3. The fourth-order valence-corrected chi connectivity index (χ4v) is 2.63. The average molecular weight is 417 g/mol. The van der Waals surface area contributed by atoms with Crippen LogP contribution in [0.1, 0.15) is 20.3 Å². The predicted octanol–water partition coefficient (Wildman–Crippen LogP) is 2.09. The molecule has 1 aromatic heterocycles. The number of amides is 3. The maximum absolute atomic E-state index is 12.3. The number of halogens is 3. The molecule has 1 aliphatic rings. The molecule has 3 amide bonds. The van der Waals surface area contributed by atoms with Crippen LogP contribution in [0.25, 0.3) is 0 Å². The van der Waals surface area contributed by atoms with Crippen molar-refractivity contribution in [1.82, 2.24) is 20.1 Å². The van der Waals surface area contributed by atoms with Gasteiger partial charge in [-0.2, -0.15) is 13.2 Å². The van der Waals surface area contributed by atoms with Gasteiger partial charge in [-0.15, -0.1) is 0 Å². The standard InChI is InChI=1S/C18H26F3N5O3/c1-3-13(2)23-15(27)11-25-6-8-26(9-7-25)17(28)24-14-4-5-16(22-10-14)29-12-18(19,20)21/h4-5,10,13H,3,6-9,11-12H2,1-2H3,(H,23,27)(H,24,28). The molecule has 1 aliphatic heterocycles. The quantitative estimate of drug-likeness (QED) is 0.710. The number of piperazine rings is 1. The summed E-state index contributed by atoms with van der Waals surface area (Å²) in [5, 5.41) is 5.56. The lowest BCUT2D eigenvalue weighted by molar-refractivity contribution is -0.154. The first-order valence-electron chi connectivity index (χ1n) is 9.39. The van der Waals surface area contributed by atoms with Gasteiger partial charge in [0.15, 0.2) is 6.61 Å². The number of alkyl halides is 3. The van der Waals surface area contributed by atoms with Gasteiger partial charge in [-0.1, -0.05) is 6.92 Å². The van der Waals surface area contributed by atoms with E-state index in [0.717, 1.165) is 6.42 Å². The van der Waals surface area contributed by atoms with Crippen LogP contribution in [0.3, 0.4) is 0 Å². The Balaban J connectivity index is 1.74. The van der Waals surface area contributed by atoms with E-state index < -0.39 is 12.8 Å². The van der Waals surface area contributed by atoms with Crippen LogP contribution in [-0.4, -0.2) is 78.3 Å². The van der Waals surface area contributed by atoms with E-state index >= 15 is 0 Å². The lowest BCUT2D eigenvalue weighted by Crippen LogP contribution is -2.52. The second kappa shape index (κ2) is 10.3. The van der Waals surface area contributed by atoms with Crippen LogP contribution in [0.4, 0.5) is 23.7 Å². The number of hydrogen-bond donors (Lipinski definition) is 2. The van der Waals surface area contributed by atoms with Gasteiger partial charge in [0.1, 0.15) is 0 Å². The summed E-state index contributed by atoms with van der Waals surface area (Å²) in [7, 11) is 0. The topological polar surface area (TPSA) is 86.8 Å². The first-order chi connectivity index (χ1) is 13.7. The molecule has 11 heteroatoms. The molecule has 29 heavy (non-hydrogen) atoms. The van der Waals surface area contributed by atoms with Crippen LogP contribution in [0.15, 0.2) is 18.3 Å². The van der Waals surface area contributed by atoms with Crippen molar-refractivity contribution in [1.29, 1.82) is 0 Å². The Hall–Kier alpha value is -2.56. The van der Waals surface area contributed by atoms with Crippen molar-refractivity contribution in [2.24, 2.45) is 0 Å². The van der Waals surface area contributed by atoms with Crippen molar-refractivity contribution in [2.45, 2.75) is 32.5 Å². The fourth-order valence-electron chi connectivity index (χ4n) is 2.63. The van der Waals surface area contributed by atoms with E-state index in [-0.39, 0.29) is 23.9 Å². The van der Waals surface area contributed by atoms with Crippen molar-refractivity contribution in [3.05, 3.63) is 18.3 Å². The largest absolute Gasteiger partial charge is 0.468 e. The third-order valence-electron chi connectivity index (χ3n) is 4.42. The molecule has 0 saturated carbocycles. The van der Waals surface area contributed by atoms with Gasteiger partial charge in [-0.05, 0) is 19.4 Å². The van der Waals surface area contributed by atoms with Gasteiger partial charge in [0, 0.05) is 38.3 Å². The highest BCUT2D eigenvalue weighted by Crippen LogP contribution is 2.18. The van der Waals surface area contributed by atoms with E-state index in [2.05, 4.69) is 20.4 Å². The van der Waals surface area contributed by atoms with Crippen molar-refractivity contribution in [3.8, 4) is 5.88 Å². The van der Waals surface area contributed by atoms with Crippen LogP contribution in [0, 0.1) is 0 Å². The van der Waals surface area contributed by atoms with E-state index in [1.165, 1.54) is 18.3 Å². The molecule has 0 bridgehead atoms. The highest BCUT2D eigenvalue weighted by Gasteiger charge is 2.28. The molecule has 162 valence electrons. The third kappa shape index (κ3) is 8.14. The Labute approximate surface area is 167 Å². The van der Waals surface area contributed by atoms with E-state index in [9.17, 15) is 22.8 Å². The monoisotopic (exact) mass is 417 g/mol. The molecule has 2 N–H and O–H groups in total. The lowest BCUT2D eigenvalue weighted by Gasteiger charge is -2.34.